The van der Waals surface area contributed by atoms with E-state index in [4.69, 9.17) is 18.6 Å². The summed E-state index contributed by atoms with van der Waals surface area (Å²) in [6, 6.07) is 8.01. The smallest absolute Gasteiger partial charge is 0.344 e. The number of hydrogen-bond acceptors (Lipinski definition) is 8. The molecule has 0 aliphatic heterocycles. The predicted octanol–water partition coefficient (Wildman–Crippen LogP) is 3.92. The van der Waals surface area contributed by atoms with Crippen molar-refractivity contribution in [3.63, 3.8) is 0 Å². The second-order valence-electron chi connectivity index (χ2n) is 7.46. The van der Waals surface area contributed by atoms with E-state index in [9.17, 15) is 19.5 Å². The molecule has 3 aromatic rings. The lowest BCUT2D eigenvalue weighted by atomic mass is 9.96. The van der Waals surface area contributed by atoms with E-state index < -0.39 is 5.63 Å². The van der Waals surface area contributed by atoms with Crippen LogP contribution in [0.2, 0.25) is 0 Å². The van der Waals surface area contributed by atoms with Crippen molar-refractivity contribution < 1.29 is 33.3 Å². The number of carbonyl (C=O) groups is 2. The highest BCUT2D eigenvalue weighted by Crippen LogP contribution is 2.38. The van der Waals surface area contributed by atoms with Crippen molar-refractivity contribution in [1.82, 2.24) is 0 Å². The highest BCUT2D eigenvalue weighted by molar-refractivity contribution is 6.03. The fraction of sp³-hybridized carbons (Fsp3) is 0.320. The number of methoxy groups -OCH3 is 2. The van der Waals surface area contributed by atoms with Crippen molar-refractivity contribution in [3.8, 4) is 22.6 Å². The molecule has 1 N–H and O–H groups in total. The molecular weight excluding hydrogens is 428 g/mol. The zero-order valence-electron chi connectivity index (χ0n) is 18.8. The number of aromatic hydroxyl groups is 1. The van der Waals surface area contributed by atoms with Gasteiger partial charge in [0.1, 0.15) is 18.1 Å². The lowest BCUT2D eigenvalue weighted by molar-refractivity contribution is 0.0963. The molecule has 0 amide bonds. The first kappa shape index (κ1) is 24.2. The molecule has 0 bridgehead atoms. The third kappa shape index (κ3) is 5.13. The maximum atomic E-state index is 12.9. The Bertz CT molecular complexity index is 1210. The minimum atomic E-state index is -0.671. The van der Waals surface area contributed by atoms with Crippen LogP contribution < -0.4 is 10.4 Å². The molecule has 0 aliphatic carbocycles. The lowest BCUT2D eigenvalue weighted by Gasteiger charge is -2.15. The summed E-state index contributed by atoms with van der Waals surface area (Å²) < 4.78 is 21.2. The van der Waals surface area contributed by atoms with E-state index in [2.05, 4.69) is 0 Å². The largest absolute Gasteiger partial charge is 0.507 e. The lowest BCUT2D eigenvalue weighted by Crippen LogP contribution is -2.10. The van der Waals surface area contributed by atoms with Crippen LogP contribution >= 0.6 is 0 Å². The third-order valence-electron chi connectivity index (χ3n) is 5.32. The van der Waals surface area contributed by atoms with Crippen LogP contribution in [-0.4, -0.2) is 51.2 Å². The van der Waals surface area contributed by atoms with Gasteiger partial charge >= 0.3 is 5.63 Å². The number of aryl methyl sites for hydroxylation is 1. The number of fused-ring (bicyclic) bond motifs is 1. The van der Waals surface area contributed by atoms with Crippen LogP contribution in [0.1, 0.15) is 39.1 Å². The molecule has 0 fully saturated rings. The summed E-state index contributed by atoms with van der Waals surface area (Å²) in [4.78, 5) is 36.8. The summed E-state index contributed by atoms with van der Waals surface area (Å²) in [6.45, 7) is 2.72. The van der Waals surface area contributed by atoms with Crippen LogP contribution in [0.15, 0.2) is 39.5 Å². The van der Waals surface area contributed by atoms with Crippen molar-refractivity contribution >= 4 is 23.0 Å². The van der Waals surface area contributed by atoms with Crippen LogP contribution in [-0.2, 0) is 9.47 Å². The fourth-order valence-electron chi connectivity index (χ4n) is 3.66. The van der Waals surface area contributed by atoms with Gasteiger partial charge in [0.2, 0.25) is 0 Å². The van der Waals surface area contributed by atoms with Crippen LogP contribution in [0.4, 0.5) is 0 Å². The number of benzene rings is 2. The summed E-state index contributed by atoms with van der Waals surface area (Å²) in [5.74, 6) is -0.102. The molecule has 1 heterocycles. The van der Waals surface area contributed by atoms with Crippen LogP contribution in [0.25, 0.3) is 22.1 Å². The van der Waals surface area contributed by atoms with Crippen molar-refractivity contribution in [2.75, 3.05) is 34.0 Å². The van der Waals surface area contributed by atoms with E-state index in [-0.39, 0.29) is 40.6 Å². The average molecular weight is 454 g/mol. The molecule has 3 rings (SSSR count). The summed E-state index contributed by atoms with van der Waals surface area (Å²) in [5, 5.41) is 10.6. The van der Waals surface area contributed by atoms with Crippen LogP contribution in [0, 0.1) is 6.92 Å². The molecule has 8 heteroatoms. The summed E-state index contributed by atoms with van der Waals surface area (Å²) >= 11 is 0. The monoisotopic (exact) mass is 454 g/mol. The van der Waals surface area contributed by atoms with Gasteiger partial charge in [0.15, 0.2) is 17.7 Å². The Kier molecular flexibility index (Phi) is 7.97. The Labute approximate surface area is 190 Å². The normalized spacial score (nSPS) is 11.0. The van der Waals surface area contributed by atoms with Crippen molar-refractivity contribution in [2.24, 2.45) is 0 Å². The average Bonchev–Trinajstić information content (AvgIpc) is 2.79. The molecule has 0 aliphatic rings. The molecule has 0 radical (unpaired) electrons. The van der Waals surface area contributed by atoms with E-state index in [0.717, 1.165) is 0 Å². The summed E-state index contributed by atoms with van der Waals surface area (Å²) in [6.07, 6.45) is 1.43. The number of phenolic OH excluding ortho intramolecular Hbond substituents is 1. The third-order valence-corrected chi connectivity index (χ3v) is 5.32. The Balaban J connectivity index is 2.09. The van der Waals surface area contributed by atoms with Crippen LogP contribution in [0.5, 0.6) is 11.5 Å². The Morgan fingerprint density at radius 2 is 1.79 bits per heavy atom. The molecule has 0 atom stereocenters. The minimum Gasteiger partial charge on any atom is -0.507 e. The van der Waals surface area contributed by atoms with Gasteiger partial charge in [-0.05, 0) is 24.5 Å². The molecular formula is C25H26O8. The zero-order valence-corrected chi connectivity index (χ0v) is 18.8. The number of phenols is 1. The van der Waals surface area contributed by atoms with Crippen LogP contribution in [0.3, 0.4) is 0 Å². The van der Waals surface area contributed by atoms with E-state index in [1.807, 2.05) is 0 Å². The molecule has 1 aromatic heterocycles. The van der Waals surface area contributed by atoms with Gasteiger partial charge in [0.25, 0.3) is 0 Å². The standard InChI is InChI=1S/C25H26O8/c1-15-22(17-8-6-16(7-9-17)19(27)5-4-10-30-2)25(29)33-24-18(14-26)20(28)13-21(23(15)24)32-12-11-31-3/h6-9,13-14,28H,4-5,10-12H2,1-3H3. The van der Waals surface area contributed by atoms with Gasteiger partial charge in [0, 0.05) is 38.9 Å². The minimum absolute atomic E-state index is 0.0132. The van der Waals surface area contributed by atoms with Gasteiger partial charge in [-0.15, -0.1) is 0 Å². The second-order valence-corrected chi connectivity index (χ2v) is 7.46. The number of carbonyl (C=O) groups excluding carboxylic acids is 2. The number of Topliss-reactive ketones (excluding diaryl/α,β-unsaturated/α-hetero) is 1. The van der Waals surface area contributed by atoms with Gasteiger partial charge in [-0.1, -0.05) is 24.3 Å². The van der Waals surface area contributed by atoms with E-state index in [1.165, 1.54) is 13.2 Å². The first-order chi connectivity index (χ1) is 15.9. The molecule has 0 unspecified atom stereocenters. The fourth-order valence-corrected chi connectivity index (χ4v) is 3.66. The SMILES string of the molecule is COCCCC(=O)c1ccc(-c2c(C)c3c(OCCOC)cc(O)c(C=O)c3oc2=O)cc1. The maximum absolute atomic E-state index is 12.9. The van der Waals surface area contributed by atoms with E-state index in [0.29, 0.717) is 54.4 Å². The summed E-state index contributed by atoms with van der Waals surface area (Å²) in [5.41, 5.74) is 1.04. The highest BCUT2D eigenvalue weighted by atomic mass is 16.5. The number of ether oxygens (including phenoxy) is 3. The first-order valence-corrected chi connectivity index (χ1v) is 10.5. The van der Waals surface area contributed by atoms with Crippen molar-refractivity contribution in [2.45, 2.75) is 19.8 Å². The molecule has 0 saturated heterocycles. The summed E-state index contributed by atoms with van der Waals surface area (Å²) in [7, 11) is 3.12. The predicted molar refractivity (Wildman–Crippen MR) is 123 cm³/mol. The van der Waals surface area contributed by atoms with Gasteiger partial charge in [-0.3, -0.25) is 9.59 Å². The highest BCUT2D eigenvalue weighted by Gasteiger charge is 2.22. The van der Waals surface area contributed by atoms with Crippen molar-refractivity contribution in [3.05, 3.63) is 57.4 Å². The van der Waals surface area contributed by atoms with Gasteiger partial charge in [-0.2, -0.15) is 0 Å². The second kappa shape index (κ2) is 10.9. The molecule has 8 nitrogen and oxygen atoms in total. The molecule has 174 valence electrons. The Morgan fingerprint density at radius 1 is 1.09 bits per heavy atom. The maximum Gasteiger partial charge on any atom is 0.344 e. The van der Waals surface area contributed by atoms with E-state index >= 15 is 0 Å². The zero-order chi connectivity index (χ0) is 24.0. The van der Waals surface area contributed by atoms with Crippen molar-refractivity contribution in [1.29, 1.82) is 0 Å². The number of hydrogen-bond donors (Lipinski definition) is 1. The quantitative estimate of drug-likeness (QED) is 0.201. The molecule has 0 spiro atoms. The van der Waals surface area contributed by atoms with Gasteiger partial charge in [-0.25, -0.2) is 4.79 Å². The molecule has 33 heavy (non-hydrogen) atoms. The topological polar surface area (TPSA) is 112 Å². The van der Waals surface area contributed by atoms with Gasteiger partial charge in [0.05, 0.1) is 23.1 Å². The van der Waals surface area contributed by atoms with Gasteiger partial charge < -0.3 is 23.7 Å². The number of ketones is 1. The van der Waals surface area contributed by atoms with E-state index in [1.54, 1.807) is 38.3 Å². The number of aldehydes is 1. The first-order valence-electron chi connectivity index (χ1n) is 10.5. The Morgan fingerprint density at radius 3 is 2.42 bits per heavy atom. The molecule has 0 saturated carbocycles. The molecule has 2 aromatic carbocycles. The number of rotatable bonds is 11. The Hall–Kier alpha value is -3.49.